The number of alkyl halides is 3. The number of carbonyl (C=O) groups excluding carboxylic acids is 2. The number of rotatable bonds is 20. The Morgan fingerprint density at radius 3 is 1.94 bits per heavy atom. The molecule has 1 aliphatic rings. The van der Waals surface area contributed by atoms with E-state index in [9.17, 15) is 22.8 Å². The number of unbranched alkanes of at least 4 members (excludes halogenated alkanes) is 10. The summed E-state index contributed by atoms with van der Waals surface area (Å²) in [4.78, 5) is 25.7. The highest BCUT2D eigenvalue weighted by Crippen LogP contribution is 2.37. The van der Waals surface area contributed by atoms with Gasteiger partial charge in [-0.1, -0.05) is 102 Å². The predicted octanol–water partition coefficient (Wildman–Crippen LogP) is 12.3. The molecule has 1 atom stereocenters. The zero-order chi connectivity index (χ0) is 35.8. The lowest BCUT2D eigenvalue weighted by atomic mass is 9.79. The fourth-order valence-electron chi connectivity index (χ4n) is 6.78. The van der Waals surface area contributed by atoms with E-state index in [4.69, 9.17) is 14.2 Å². The Labute approximate surface area is 296 Å². The van der Waals surface area contributed by atoms with Crippen molar-refractivity contribution in [3.63, 3.8) is 0 Å². The van der Waals surface area contributed by atoms with Gasteiger partial charge in [-0.2, -0.15) is 13.2 Å². The fraction of sp³-hybridized carbons (Fsp3) is 0.571. The van der Waals surface area contributed by atoms with Gasteiger partial charge in [0, 0.05) is 0 Å². The Hall–Kier alpha value is -3.55. The van der Waals surface area contributed by atoms with Gasteiger partial charge < -0.3 is 14.2 Å². The minimum Gasteiger partial charge on any atom is -0.494 e. The van der Waals surface area contributed by atoms with Crippen molar-refractivity contribution in [1.82, 2.24) is 0 Å². The largest absolute Gasteiger partial charge is 0.494 e. The maximum absolute atomic E-state index is 13.5. The monoisotopic (exact) mass is 696 g/mol. The van der Waals surface area contributed by atoms with Gasteiger partial charge in [0.25, 0.3) is 0 Å². The third kappa shape index (κ3) is 12.6. The van der Waals surface area contributed by atoms with Crippen LogP contribution in [0.5, 0.6) is 11.5 Å². The third-order valence-electron chi connectivity index (χ3n) is 9.88. The highest BCUT2D eigenvalue weighted by atomic mass is 19.4. The molecule has 5 nitrogen and oxygen atoms in total. The second kappa shape index (κ2) is 20.3. The van der Waals surface area contributed by atoms with Gasteiger partial charge in [0.1, 0.15) is 11.5 Å². The van der Waals surface area contributed by atoms with Crippen molar-refractivity contribution >= 4 is 22.7 Å². The first kappa shape index (κ1) is 39.2. The van der Waals surface area contributed by atoms with Crippen molar-refractivity contribution in [3.8, 4) is 11.5 Å². The number of benzene rings is 3. The van der Waals surface area contributed by atoms with E-state index < -0.39 is 18.2 Å². The molecule has 3 aromatic carbocycles. The summed E-state index contributed by atoms with van der Waals surface area (Å²) in [5.41, 5.74) is 1.32. The van der Waals surface area contributed by atoms with Gasteiger partial charge in [0.05, 0.1) is 18.1 Å². The minimum atomic E-state index is -4.62. The normalized spacial score (nSPS) is 17.0. The van der Waals surface area contributed by atoms with Crippen LogP contribution in [0.15, 0.2) is 60.7 Å². The van der Waals surface area contributed by atoms with Crippen molar-refractivity contribution in [3.05, 3.63) is 71.8 Å². The molecule has 0 N–H and O–H groups in total. The summed E-state index contributed by atoms with van der Waals surface area (Å²) >= 11 is 0. The van der Waals surface area contributed by atoms with E-state index >= 15 is 0 Å². The summed E-state index contributed by atoms with van der Waals surface area (Å²) in [6.07, 6.45) is 9.27. The third-order valence-corrected chi connectivity index (χ3v) is 9.88. The number of esters is 2. The Kier molecular flexibility index (Phi) is 16.0. The molecule has 0 radical (unpaired) electrons. The average molecular weight is 697 g/mol. The maximum atomic E-state index is 13.5. The summed E-state index contributed by atoms with van der Waals surface area (Å²) < 4.78 is 57.2. The molecule has 0 aliphatic heterocycles. The molecule has 0 spiro atoms. The molecule has 1 aliphatic carbocycles. The van der Waals surface area contributed by atoms with E-state index in [2.05, 4.69) is 31.2 Å². The summed E-state index contributed by atoms with van der Waals surface area (Å²) in [5, 5.41) is 1.34. The van der Waals surface area contributed by atoms with Crippen LogP contribution in [-0.2, 0) is 9.53 Å². The quantitative estimate of drug-likeness (QED) is 0.0668. The van der Waals surface area contributed by atoms with Crippen LogP contribution in [-0.4, -0.2) is 30.8 Å². The summed E-state index contributed by atoms with van der Waals surface area (Å²) in [6.45, 7) is 4.98. The molecule has 0 aromatic heterocycles. The second-order valence-electron chi connectivity index (χ2n) is 13.9. The van der Waals surface area contributed by atoms with Gasteiger partial charge in [-0.25, -0.2) is 4.79 Å². The zero-order valence-electron chi connectivity index (χ0n) is 29.9. The highest BCUT2D eigenvalue weighted by Gasteiger charge is 2.42. The van der Waals surface area contributed by atoms with Crippen LogP contribution in [0.4, 0.5) is 13.2 Å². The molecule has 0 unspecified atom stereocenters. The van der Waals surface area contributed by atoms with Crippen LogP contribution in [0, 0.1) is 5.92 Å². The van der Waals surface area contributed by atoms with Crippen molar-refractivity contribution in [2.24, 2.45) is 5.92 Å². The van der Waals surface area contributed by atoms with Crippen LogP contribution in [0.25, 0.3) is 10.8 Å². The molecule has 0 heterocycles. The number of ether oxygens (including phenoxy) is 3. The van der Waals surface area contributed by atoms with Crippen LogP contribution < -0.4 is 9.47 Å². The Morgan fingerprint density at radius 1 is 0.700 bits per heavy atom. The van der Waals surface area contributed by atoms with Crippen molar-refractivity contribution in [2.45, 2.75) is 141 Å². The SMILES string of the molecule is CCCCCCCCCCOc1ccc(C2CCC(C(=O)Oc3ccc4cc(C(=O)O[C@H](CCCCCC)C(F)(F)F)ccc4c3)CC2)cc1. The molecule has 3 aromatic rings. The van der Waals surface area contributed by atoms with Gasteiger partial charge in [0.15, 0.2) is 6.10 Å². The van der Waals surface area contributed by atoms with Crippen LogP contribution in [0.2, 0.25) is 0 Å². The maximum Gasteiger partial charge on any atom is 0.425 e. The average Bonchev–Trinajstić information content (AvgIpc) is 3.11. The lowest BCUT2D eigenvalue weighted by molar-refractivity contribution is -0.206. The lowest BCUT2D eigenvalue weighted by Gasteiger charge is -2.27. The van der Waals surface area contributed by atoms with E-state index in [1.54, 1.807) is 24.3 Å². The molecular weight excluding hydrogens is 641 g/mol. The molecule has 0 bridgehead atoms. The van der Waals surface area contributed by atoms with Gasteiger partial charge >= 0.3 is 18.1 Å². The van der Waals surface area contributed by atoms with Crippen LogP contribution in [0.3, 0.4) is 0 Å². The molecule has 4 rings (SSSR count). The van der Waals surface area contributed by atoms with Gasteiger partial charge in [-0.3, -0.25) is 4.79 Å². The minimum absolute atomic E-state index is 0.0442. The molecule has 0 amide bonds. The Morgan fingerprint density at radius 2 is 1.28 bits per heavy atom. The summed E-state index contributed by atoms with van der Waals surface area (Å²) in [7, 11) is 0. The van der Waals surface area contributed by atoms with Crippen molar-refractivity contribution in [1.29, 1.82) is 0 Å². The first-order chi connectivity index (χ1) is 24.2. The molecule has 0 saturated heterocycles. The molecule has 8 heteroatoms. The fourth-order valence-corrected chi connectivity index (χ4v) is 6.78. The number of fused-ring (bicyclic) bond motifs is 1. The van der Waals surface area contributed by atoms with Crippen LogP contribution in [0.1, 0.15) is 145 Å². The number of hydrogen-bond donors (Lipinski definition) is 0. The number of carbonyl (C=O) groups is 2. The zero-order valence-corrected chi connectivity index (χ0v) is 29.9. The standard InChI is InChI=1S/C42H55F3O5/c1-3-5-7-9-10-11-12-14-28-48-37-25-22-32(23-26-37)31-16-18-33(19-17-31)40(46)49-38-27-24-34-29-36(21-20-35(34)30-38)41(47)50-39(42(43,44)45)15-13-8-6-4-2/h20-27,29-31,33,39H,3-19,28H2,1-2H3/t31?,33?,39-/m1/s1. The number of hydrogen-bond acceptors (Lipinski definition) is 5. The smallest absolute Gasteiger partial charge is 0.425 e. The molecule has 1 fully saturated rings. The molecule has 1 saturated carbocycles. The Bertz CT molecular complexity index is 1460. The first-order valence-electron chi connectivity index (χ1n) is 18.9. The van der Waals surface area contributed by atoms with Crippen molar-refractivity contribution in [2.75, 3.05) is 6.61 Å². The van der Waals surface area contributed by atoms with E-state index in [0.717, 1.165) is 57.3 Å². The van der Waals surface area contributed by atoms with Gasteiger partial charge in [-0.05, 0) is 104 Å². The lowest BCUT2D eigenvalue weighted by Crippen LogP contribution is -2.33. The Balaban J connectivity index is 1.20. The predicted molar refractivity (Wildman–Crippen MR) is 193 cm³/mol. The van der Waals surface area contributed by atoms with E-state index in [1.165, 1.54) is 62.6 Å². The van der Waals surface area contributed by atoms with Crippen molar-refractivity contribution < 1.29 is 37.0 Å². The van der Waals surface area contributed by atoms with E-state index in [0.29, 0.717) is 35.3 Å². The van der Waals surface area contributed by atoms with Gasteiger partial charge in [0.2, 0.25) is 0 Å². The first-order valence-corrected chi connectivity index (χ1v) is 18.9. The van der Waals surface area contributed by atoms with Crippen LogP contribution >= 0.6 is 0 Å². The summed E-state index contributed by atoms with van der Waals surface area (Å²) in [6, 6.07) is 18.0. The summed E-state index contributed by atoms with van der Waals surface area (Å²) in [5.74, 6) is 0.251. The van der Waals surface area contributed by atoms with E-state index in [1.807, 2.05) is 6.92 Å². The second-order valence-corrected chi connectivity index (χ2v) is 13.9. The molecular formula is C42H55F3O5. The highest BCUT2D eigenvalue weighted by molar-refractivity contribution is 5.96. The molecule has 50 heavy (non-hydrogen) atoms. The van der Waals surface area contributed by atoms with Gasteiger partial charge in [-0.15, -0.1) is 0 Å². The van der Waals surface area contributed by atoms with E-state index in [-0.39, 0.29) is 23.9 Å². The topological polar surface area (TPSA) is 61.8 Å². The molecule has 274 valence electrons. The number of halogens is 3.